The number of aromatic nitrogens is 2. The van der Waals surface area contributed by atoms with Crippen molar-refractivity contribution in [2.24, 2.45) is 0 Å². The normalized spacial score (nSPS) is 10.4. The third-order valence-corrected chi connectivity index (χ3v) is 4.18. The summed E-state index contributed by atoms with van der Waals surface area (Å²) in [7, 11) is 1.59. The lowest BCUT2D eigenvalue weighted by Crippen LogP contribution is -2.20. The molecular weight excluding hydrogens is 375 g/mol. The summed E-state index contributed by atoms with van der Waals surface area (Å²) in [6.45, 7) is 0.222. The Morgan fingerprint density at radius 2 is 2.00 bits per heavy atom. The van der Waals surface area contributed by atoms with E-state index in [4.69, 9.17) is 28.6 Å². The summed E-state index contributed by atoms with van der Waals surface area (Å²) in [5, 5.41) is 11.1. The van der Waals surface area contributed by atoms with Gasteiger partial charge in [-0.2, -0.15) is 5.10 Å². The van der Waals surface area contributed by atoms with Crippen LogP contribution in [0.4, 0.5) is 15.9 Å². The lowest BCUT2D eigenvalue weighted by atomic mass is 10.2. The van der Waals surface area contributed by atoms with Gasteiger partial charge in [-0.1, -0.05) is 29.8 Å². The van der Waals surface area contributed by atoms with E-state index < -0.39 is 0 Å². The van der Waals surface area contributed by atoms with Gasteiger partial charge in [-0.3, -0.25) is 4.68 Å². The monoisotopic (exact) mass is 390 g/mol. The van der Waals surface area contributed by atoms with Crippen LogP contribution in [-0.2, 0) is 6.54 Å². The van der Waals surface area contributed by atoms with E-state index in [1.165, 1.54) is 6.07 Å². The predicted octanol–water partition coefficient (Wildman–Crippen LogP) is 4.54. The molecule has 134 valence electrons. The van der Waals surface area contributed by atoms with Gasteiger partial charge in [0.15, 0.2) is 10.9 Å². The molecule has 8 heteroatoms. The van der Waals surface area contributed by atoms with Crippen molar-refractivity contribution in [2.75, 3.05) is 17.7 Å². The van der Waals surface area contributed by atoms with Gasteiger partial charge in [-0.05, 0) is 36.5 Å². The highest BCUT2D eigenvalue weighted by Gasteiger charge is 2.10. The minimum Gasteiger partial charge on any atom is -0.495 e. The maximum Gasteiger partial charge on any atom is 0.176 e. The van der Waals surface area contributed by atoms with Crippen molar-refractivity contribution in [3.05, 3.63) is 71.1 Å². The van der Waals surface area contributed by atoms with Gasteiger partial charge >= 0.3 is 0 Å². The molecule has 5 nitrogen and oxygen atoms in total. The Kier molecular flexibility index (Phi) is 5.70. The van der Waals surface area contributed by atoms with Gasteiger partial charge in [-0.25, -0.2) is 4.39 Å². The molecule has 0 radical (unpaired) electrons. The van der Waals surface area contributed by atoms with E-state index in [0.29, 0.717) is 27.3 Å². The summed E-state index contributed by atoms with van der Waals surface area (Å²) in [6, 6.07) is 13.8. The minimum atomic E-state index is -0.365. The molecule has 0 fully saturated rings. The summed E-state index contributed by atoms with van der Waals surface area (Å²) in [4.78, 5) is 0. The Labute approximate surface area is 160 Å². The standard InChI is InChI=1S/C18H16ClFN4OS/c1-25-16-8-3-2-7-15(16)21-18(26)22-17-9-10-24(23-17)11-12-13(19)5-4-6-14(12)20/h2-10H,11H2,1H3,(H2,21,22,23,26). The number of para-hydroxylation sites is 2. The van der Waals surface area contributed by atoms with E-state index in [9.17, 15) is 4.39 Å². The zero-order valence-corrected chi connectivity index (χ0v) is 15.4. The van der Waals surface area contributed by atoms with Crippen LogP contribution in [0.25, 0.3) is 0 Å². The maximum atomic E-state index is 13.9. The Balaban J connectivity index is 1.66. The lowest BCUT2D eigenvalue weighted by Gasteiger charge is -2.12. The minimum absolute atomic E-state index is 0.222. The van der Waals surface area contributed by atoms with Gasteiger partial charge in [0, 0.05) is 22.8 Å². The lowest BCUT2D eigenvalue weighted by molar-refractivity contribution is 0.417. The Morgan fingerprint density at radius 3 is 2.77 bits per heavy atom. The quantitative estimate of drug-likeness (QED) is 0.626. The zero-order valence-electron chi connectivity index (χ0n) is 13.9. The number of methoxy groups -OCH3 is 1. The fourth-order valence-corrected chi connectivity index (χ4v) is 2.82. The molecule has 2 N–H and O–H groups in total. The largest absolute Gasteiger partial charge is 0.495 e. The topological polar surface area (TPSA) is 51.1 Å². The molecule has 0 unspecified atom stereocenters. The van der Waals surface area contributed by atoms with Crippen molar-refractivity contribution in [1.82, 2.24) is 9.78 Å². The van der Waals surface area contributed by atoms with E-state index in [1.807, 2.05) is 24.3 Å². The molecule has 3 rings (SSSR count). The summed E-state index contributed by atoms with van der Waals surface area (Å²) >= 11 is 11.3. The van der Waals surface area contributed by atoms with Crippen molar-refractivity contribution in [1.29, 1.82) is 0 Å². The molecule has 0 bridgehead atoms. The molecular formula is C18H16ClFN4OS. The van der Waals surface area contributed by atoms with Crippen LogP contribution < -0.4 is 15.4 Å². The number of thiocarbonyl (C=S) groups is 1. The average Bonchev–Trinajstić information content (AvgIpc) is 3.05. The molecule has 3 aromatic rings. The van der Waals surface area contributed by atoms with Crippen LogP contribution in [0.3, 0.4) is 0 Å². The first-order valence-corrected chi connectivity index (χ1v) is 8.53. The third-order valence-electron chi connectivity index (χ3n) is 3.62. The van der Waals surface area contributed by atoms with E-state index in [0.717, 1.165) is 5.69 Å². The van der Waals surface area contributed by atoms with Crippen LogP contribution in [0, 0.1) is 5.82 Å². The molecule has 26 heavy (non-hydrogen) atoms. The second-order valence-corrected chi connectivity index (χ2v) is 6.19. The molecule has 1 heterocycles. The van der Waals surface area contributed by atoms with Crippen LogP contribution in [0.2, 0.25) is 5.02 Å². The number of anilines is 2. The molecule has 2 aromatic carbocycles. The summed E-state index contributed by atoms with van der Waals surface area (Å²) in [5.74, 6) is 0.845. The van der Waals surface area contributed by atoms with Crippen molar-refractivity contribution < 1.29 is 9.13 Å². The first-order valence-electron chi connectivity index (χ1n) is 7.74. The number of ether oxygens (including phenoxy) is 1. The highest BCUT2D eigenvalue weighted by Crippen LogP contribution is 2.23. The SMILES string of the molecule is COc1ccccc1NC(=S)Nc1ccn(Cc2c(F)cccc2Cl)n1. The van der Waals surface area contributed by atoms with Crippen molar-refractivity contribution in [2.45, 2.75) is 6.54 Å². The highest BCUT2D eigenvalue weighted by atomic mass is 35.5. The van der Waals surface area contributed by atoms with Crippen LogP contribution in [-0.4, -0.2) is 22.0 Å². The molecule has 0 atom stereocenters. The molecule has 1 aromatic heterocycles. The fourth-order valence-electron chi connectivity index (χ4n) is 2.38. The second-order valence-electron chi connectivity index (χ2n) is 5.38. The van der Waals surface area contributed by atoms with E-state index in [2.05, 4.69) is 15.7 Å². The predicted molar refractivity (Wildman–Crippen MR) is 106 cm³/mol. The third kappa shape index (κ3) is 4.30. The van der Waals surface area contributed by atoms with Crippen molar-refractivity contribution in [3.8, 4) is 5.75 Å². The fraction of sp³-hybridized carbons (Fsp3) is 0.111. The van der Waals surface area contributed by atoms with E-state index >= 15 is 0 Å². The van der Waals surface area contributed by atoms with E-state index in [1.54, 1.807) is 36.2 Å². The number of nitrogens with one attached hydrogen (secondary N) is 2. The molecule has 0 amide bonds. The van der Waals surface area contributed by atoms with Gasteiger partial charge in [0.25, 0.3) is 0 Å². The maximum absolute atomic E-state index is 13.9. The summed E-state index contributed by atoms with van der Waals surface area (Å²) in [6.07, 6.45) is 1.72. The Hall–Kier alpha value is -2.64. The molecule has 0 saturated carbocycles. The number of benzene rings is 2. The summed E-state index contributed by atoms with van der Waals surface area (Å²) < 4.78 is 20.7. The molecule has 0 spiro atoms. The summed E-state index contributed by atoms with van der Waals surface area (Å²) in [5.41, 5.74) is 1.13. The van der Waals surface area contributed by atoms with Gasteiger partial charge in [0.1, 0.15) is 11.6 Å². The number of rotatable bonds is 5. The van der Waals surface area contributed by atoms with E-state index in [-0.39, 0.29) is 12.4 Å². The number of hydrogen-bond acceptors (Lipinski definition) is 3. The smallest absolute Gasteiger partial charge is 0.176 e. The van der Waals surface area contributed by atoms with Crippen molar-refractivity contribution >= 4 is 40.4 Å². The Bertz CT molecular complexity index is 911. The van der Waals surface area contributed by atoms with Gasteiger partial charge in [-0.15, -0.1) is 0 Å². The first kappa shape index (κ1) is 18.2. The number of halogens is 2. The van der Waals surface area contributed by atoms with Gasteiger partial charge < -0.3 is 15.4 Å². The second kappa shape index (κ2) is 8.16. The van der Waals surface area contributed by atoms with Gasteiger partial charge in [0.05, 0.1) is 19.3 Å². The molecule has 0 aliphatic carbocycles. The first-order chi connectivity index (χ1) is 12.6. The van der Waals surface area contributed by atoms with Crippen molar-refractivity contribution in [3.63, 3.8) is 0 Å². The highest BCUT2D eigenvalue weighted by molar-refractivity contribution is 7.80. The number of nitrogens with zero attached hydrogens (tertiary/aromatic N) is 2. The number of hydrogen-bond donors (Lipinski definition) is 2. The van der Waals surface area contributed by atoms with Crippen LogP contribution in [0.15, 0.2) is 54.7 Å². The van der Waals surface area contributed by atoms with Crippen LogP contribution in [0.5, 0.6) is 5.75 Å². The average molecular weight is 391 g/mol. The molecule has 0 saturated heterocycles. The molecule has 0 aliphatic heterocycles. The molecule has 0 aliphatic rings. The van der Waals surface area contributed by atoms with Crippen LogP contribution in [0.1, 0.15) is 5.56 Å². The van der Waals surface area contributed by atoms with Gasteiger partial charge in [0.2, 0.25) is 0 Å². The Morgan fingerprint density at radius 1 is 1.19 bits per heavy atom. The van der Waals surface area contributed by atoms with Crippen LogP contribution >= 0.6 is 23.8 Å². The zero-order chi connectivity index (χ0) is 18.5.